The lowest BCUT2D eigenvalue weighted by Crippen LogP contribution is -2.11. The molecule has 8 heteroatoms. The molecule has 0 aliphatic heterocycles. The number of carbonyl (C=O) groups is 2. The first-order valence-corrected chi connectivity index (χ1v) is 10.2. The van der Waals surface area contributed by atoms with Gasteiger partial charge in [0, 0.05) is 0 Å². The summed E-state index contributed by atoms with van der Waals surface area (Å²) in [4.78, 5) is 33.7. The third-order valence-corrected chi connectivity index (χ3v) is 4.47. The molecule has 0 saturated heterocycles. The second-order valence-corrected chi connectivity index (χ2v) is 6.91. The van der Waals surface area contributed by atoms with Crippen molar-refractivity contribution in [3.63, 3.8) is 0 Å². The van der Waals surface area contributed by atoms with Gasteiger partial charge in [-0.1, -0.05) is 36.4 Å². The van der Waals surface area contributed by atoms with Crippen LogP contribution in [0.1, 0.15) is 20.7 Å². The van der Waals surface area contributed by atoms with Crippen molar-refractivity contribution in [3.05, 3.63) is 120 Å². The topological polar surface area (TPSA) is 102 Å². The minimum atomic E-state index is -0.812. The van der Waals surface area contributed by atoms with Gasteiger partial charge in [-0.15, -0.1) is 0 Å². The summed E-state index contributed by atoms with van der Waals surface area (Å²) >= 11 is 0. The molecule has 34 heavy (non-hydrogen) atoms. The monoisotopic (exact) mass is 450 g/mol. The van der Waals surface area contributed by atoms with Gasteiger partial charge in [0.1, 0.15) is 0 Å². The fourth-order valence-electron chi connectivity index (χ4n) is 2.72. The van der Waals surface area contributed by atoms with Crippen LogP contribution in [0.2, 0.25) is 0 Å². The van der Waals surface area contributed by atoms with Crippen molar-refractivity contribution in [2.24, 2.45) is 20.5 Å². The van der Waals surface area contributed by atoms with Gasteiger partial charge in [0.25, 0.3) is 0 Å². The van der Waals surface area contributed by atoms with E-state index in [1.807, 2.05) is 60.7 Å². The first kappa shape index (κ1) is 22.2. The molecule has 0 bridgehead atoms. The van der Waals surface area contributed by atoms with E-state index >= 15 is 0 Å². The second-order valence-electron chi connectivity index (χ2n) is 6.91. The molecule has 0 radical (unpaired) electrons. The Morgan fingerprint density at radius 3 is 1.03 bits per heavy atom. The van der Waals surface area contributed by atoms with Gasteiger partial charge in [0.05, 0.1) is 33.9 Å². The van der Waals surface area contributed by atoms with Crippen LogP contribution in [0.4, 0.5) is 22.7 Å². The molecule has 4 aromatic carbocycles. The summed E-state index contributed by atoms with van der Waals surface area (Å²) in [5, 5.41) is 16.4. The predicted octanol–water partition coefficient (Wildman–Crippen LogP) is 7.45. The van der Waals surface area contributed by atoms with E-state index in [9.17, 15) is 9.59 Å². The maximum atomic E-state index is 12.2. The van der Waals surface area contributed by atoms with Crippen LogP contribution in [0.25, 0.3) is 0 Å². The van der Waals surface area contributed by atoms with Crippen LogP contribution in [-0.4, -0.2) is 11.9 Å². The van der Waals surface area contributed by atoms with E-state index in [2.05, 4.69) is 30.2 Å². The van der Waals surface area contributed by atoms with Crippen molar-refractivity contribution >= 4 is 34.7 Å². The van der Waals surface area contributed by atoms with Gasteiger partial charge >= 0.3 is 11.9 Å². The Hall–Kier alpha value is -4.98. The number of azo groups is 2. The van der Waals surface area contributed by atoms with Crippen LogP contribution >= 0.6 is 0 Å². The van der Waals surface area contributed by atoms with Crippen molar-refractivity contribution in [1.82, 2.24) is 0 Å². The highest BCUT2D eigenvalue weighted by Gasteiger charge is 2.14. The molecule has 8 nitrogen and oxygen atoms in total. The van der Waals surface area contributed by atoms with Crippen LogP contribution in [0.15, 0.2) is 130 Å². The molecular weight excluding hydrogens is 432 g/mol. The summed E-state index contributed by atoms with van der Waals surface area (Å²) in [5.74, 6) is -1.62. The van der Waals surface area contributed by atoms with E-state index in [1.54, 1.807) is 24.3 Å². The summed E-state index contributed by atoms with van der Waals surface area (Å²) < 4.78 is 0. The molecule has 0 unspecified atom stereocenters. The van der Waals surface area contributed by atoms with Crippen LogP contribution in [0.5, 0.6) is 0 Å². The van der Waals surface area contributed by atoms with E-state index in [4.69, 9.17) is 0 Å². The molecule has 0 aliphatic carbocycles. The van der Waals surface area contributed by atoms with Crippen molar-refractivity contribution < 1.29 is 19.4 Å². The molecule has 0 N–H and O–H groups in total. The lowest BCUT2D eigenvalue weighted by Gasteiger charge is -2.04. The molecule has 4 aromatic rings. The second kappa shape index (κ2) is 11.1. The Morgan fingerprint density at radius 1 is 0.412 bits per heavy atom. The van der Waals surface area contributed by atoms with Crippen molar-refractivity contribution in [3.8, 4) is 0 Å². The summed E-state index contributed by atoms with van der Waals surface area (Å²) in [6, 6.07) is 31.0. The number of hydrogen-bond donors (Lipinski definition) is 0. The predicted molar refractivity (Wildman–Crippen MR) is 125 cm³/mol. The first-order valence-electron chi connectivity index (χ1n) is 10.2. The summed E-state index contributed by atoms with van der Waals surface area (Å²) in [6.45, 7) is 0. The number of nitrogens with zero attached hydrogens (tertiary/aromatic N) is 4. The molecule has 0 amide bonds. The highest BCUT2D eigenvalue weighted by atomic mass is 17.2. The molecule has 0 heterocycles. The summed E-state index contributed by atoms with van der Waals surface area (Å²) in [7, 11) is 0. The van der Waals surface area contributed by atoms with Crippen LogP contribution in [0, 0.1) is 0 Å². The number of carbonyl (C=O) groups excluding carboxylic acids is 2. The molecule has 0 atom stereocenters. The van der Waals surface area contributed by atoms with Gasteiger partial charge in [0.15, 0.2) is 0 Å². The van der Waals surface area contributed by atoms with Gasteiger partial charge in [-0.3, -0.25) is 0 Å². The average Bonchev–Trinajstić information content (AvgIpc) is 2.91. The van der Waals surface area contributed by atoms with Gasteiger partial charge in [-0.25, -0.2) is 19.4 Å². The van der Waals surface area contributed by atoms with Crippen molar-refractivity contribution in [2.75, 3.05) is 0 Å². The normalized spacial score (nSPS) is 10.9. The Kier molecular flexibility index (Phi) is 7.22. The zero-order valence-electron chi connectivity index (χ0n) is 17.8. The minimum Gasteiger partial charge on any atom is -0.242 e. The molecule has 166 valence electrons. The van der Waals surface area contributed by atoms with Gasteiger partial charge < -0.3 is 0 Å². The standard InChI is InChI=1S/C26H18N4O4/c31-25(19-11-15-23(16-12-19)29-27-21-7-3-1-4-8-21)33-34-26(32)20-13-17-24(18-14-20)30-28-22-9-5-2-6-10-22/h1-18H. The van der Waals surface area contributed by atoms with Crippen molar-refractivity contribution in [1.29, 1.82) is 0 Å². The zero-order valence-corrected chi connectivity index (χ0v) is 17.8. The smallest absolute Gasteiger partial charge is 0.242 e. The van der Waals surface area contributed by atoms with Gasteiger partial charge in [-0.2, -0.15) is 20.5 Å². The fraction of sp³-hybridized carbons (Fsp3) is 0. The van der Waals surface area contributed by atoms with E-state index in [-0.39, 0.29) is 11.1 Å². The molecule has 0 aromatic heterocycles. The van der Waals surface area contributed by atoms with Gasteiger partial charge in [0.2, 0.25) is 0 Å². The Morgan fingerprint density at radius 2 is 0.706 bits per heavy atom. The average molecular weight is 450 g/mol. The molecule has 4 rings (SSSR count). The fourth-order valence-corrected chi connectivity index (χ4v) is 2.72. The van der Waals surface area contributed by atoms with Crippen LogP contribution in [-0.2, 0) is 9.78 Å². The SMILES string of the molecule is O=C(OOC(=O)c1ccc(N=Nc2ccccc2)cc1)c1ccc(N=Nc2ccccc2)cc1. The third kappa shape index (κ3) is 6.27. The Balaban J connectivity index is 1.29. The highest BCUT2D eigenvalue weighted by molar-refractivity contribution is 5.92. The minimum absolute atomic E-state index is 0.197. The quantitative estimate of drug-likeness (QED) is 0.173. The first-order chi connectivity index (χ1) is 16.7. The maximum Gasteiger partial charge on any atom is 0.386 e. The summed E-state index contributed by atoms with van der Waals surface area (Å²) in [6.07, 6.45) is 0. The van der Waals surface area contributed by atoms with E-state index in [0.717, 1.165) is 0 Å². The van der Waals surface area contributed by atoms with Crippen LogP contribution < -0.4 is 0 Å². The van der Waals surface area contributed by atoms with E-state index in [0.29, 0.717) is 22.7 Å². The molecular formula is C26H18N4O4. The largest absolute Gasteiger partial charge is 0.386 e. The van der Waals surface area contributed by atoms with Crippen molar-refractivity contribution in [2.45, 2.75) is 0 Å². The highest BCUT2D eigenvalue weighted by Crippen LogP contribution is 2.20. The third-order valence-electron chi connectivity index (χ3n) is 4.47. The molecule has 0 saturated carbocycles. The number of hydrogen-bond acceptors (Lipinski definition) is 8. The Bertz CT molecular complexity index is 1200. The lowest BCUT2D eigenvalue weighted by atomic mass is 10.2. The summed E-state index contributed by atoms with van der Waals surface area (Å²) in [5.41, 5.74) is 2.94. The number of rotatable bonds is 6. The molecule has 0 fully saturated rings. The Labute approximate surface area is 195 Å². The van der Waals surface area contributed by atoms with Crippen LogP contribution in [0.3, 0.4) is 0 Å². The number of benzene rings is 4. The van der Waals surface area contributed by atoms with E-state index < -0.39 is 11.9 Å². The maximum absolute atomic E-state index is 12.2. The van der Waals surface area contributed by atoms with Gasteiger partial charge in [-0.05, 0) is 72.8 Å². The van der Waals surface area contributed by atoms with E-state index in [1.165, 1.54) is 24.3 Å². The molecule has 0 aliphatic rings. The molecule has 0 spiro atoms. The zero-order chi connectivity index (χ0) is 23.6. The lowest BCUT2D eigenvalue weighted by molar-refractivity contribution is -0.187.